The molecule has 0 saturated carbocycles. The van der Waals surface area contributed by atoms with Crippen LogP contribution in [0.5, 0.6) is 5.75 Å². The van der Waals surface area contributed by atoms with Gasteiger partial charge in [0.05, 0.1) is 11.4 Å². The van der Waals surface area contributed by atoms with E-state index < -0.39 is 35.4 Å². The quantitative estimate of drug-likeness (QED) is 0.407. The lowest BCUT2D eigenvalue weighted by Crippen LogP contribution is -2.36. The highest BCUT2D eigenvalue weighted by Crippen LogP contribution is 2.37. The van der Waals surface area contributed by atoms with Crippen molar-refractivity contribution in [1.82, 2.24) is 5.32 Å². The fourth-order valence-corrected chi connectivity index (χ4v) is 4.25. The van der Waals surface area contributed by atoms with E-state index in [1.54, 1.807) is 18.2 Å². The number of amides is 2. The van der Waals surface area contributed by atoms with Gasteiger partial charge in [-0.15, -0.1) is 11.3 Å². The lowest BCUT2D eigenvalue weighted by molar-refractivity contribution is 0.0920. The van der Waals surface area contributed by atoms with E-state index in [-0.39, 0.29) is 23.6 Å². The van der Waals surface area contributed by atoms with Crippen molar-refractivity contribution in [2.45, 2.75) is 12.8 Å². The minimum absolute atomic E-state index is 0.188. The van der Waals surface area contributed by atoms with Crippen LogP contribution >= 0.6 is 22.9 Å². The van der Waals surface area contributed by atoms with Gasteiger partial charge in [0.15, 0.2) is 17.4 Å². The van der Waals surface area contributed by atoms with E-state index in [4.69, 9.17) is 27.8 Å². The molecular weight excluding hydrogens is 440 g/mol. The summed E-state index contributed by atoms with van der Waals surface area (Å²) in [6, 6.07) is 6.55. The number of carbonyl (C=O) groups excluding carboxylic acids is 2. The molecule has 30 heavy (non-hydrogen) atoms. The highest BCUT2D eigenvalue weighted by atomic mass is 35.5. The highest BCUT2D eigenvalue weighted by molar-refractivity contribution is 7.21. The van der Waals surface area contributed by atoms with Crippen LogP contribution in [0, 0.1) is 11.6 Å². The molecule has 3 aromatic rings. The van der Waals surface area contributed by atoms with Crippen LogP contribution in [0.15, 0.2) is 30.3 Å². The first-order valence-electron chi connectivity index (χ1n) is 8.52. The summed E-state index contributed by atoms with van der Waals surface area (Å²) in [7, 11) is 0. The van der Waals surface area contributed by atoms with Crippen LogP contribution in [0.2, 0.25) is 5.02 Å². The number of carbonyl (C=O) groups is 2. The predicted molar refractivity (Wildman–Crippen MR) is 109 cm³/mol. The first-order valence-corrected chi connectivity index (χ1v) is 9.71. The van der Waals surface area contributed by atoms with Crippen molar-refractivity contribution < 1.29 is 28.2 Å². The molecule has 2 amide bonds. The number of nitrogens with one attached hydrogen (secondary N) is 1. The number of fused-ring (bicyclic) bond motifs is 1. The molecule has 11 heteroatoms. The number of aliphatic hydroxyl groups is 1. The second-order valence-corrected chi connectivity index (χ2v) is 7.68. The fraction of sp³-hybridized carbons (Fsp3) is 0.158. The summed E-state index contributed by atoms with van der Waals surface area (Å²) in [4.78, 5) is 23.9. The van der Waals surface area contributed by atoms with Gasteiger partial charge in [-0.25, -0.2) is 8.78 Å². The smallest absolute Gasteiger partial charge is 0.261 e. The molecule has 7 nitrogen and oxygen atoms in total. The third-order valence-electron chi connectivity index (χ3n) is 4.08. The molecule has 1 aromatic heterocycles. The van der Waals surface area contributed by atoms with Gasteiger partial charge < -0.3 is 26.6 Å². The number of aliphatic hydroxyl groups excluding tert-OH is 1. The zero-order chi connectivity index (χ0) is 22.0. The van der Waals surface area contributed by atoms with Gasteiger partial charge >= 0.3 is 0 Å². The van der Waals surface area contributed by atoms with E-state index in [1.165, 1.54) is 0 Å². The lowest BCUT2D eigenvalue weighted by atomic mass is 10.1. The summed E-state index contributed by atoms with van der Waals surface area (Å²) in [5.41, 5.74) is 10.2. The van der Waals surface area contributed by atoms with Crippen LogP contribution in [0.1, 0.15) is 25.6 Å². The van der Waals surface area contributed by atoms with E-state index in [9.17, 15) is 23.5 Å². The Labute approximate surface area is 178 Å². The monoisotopic (exact) mass is 455 g/mol. The Morgan fingerprint density at radius 1 is 1.27 bits per heavy atom. The number of halogens is 3. The van der Waals surface area contributed by atoms with Crippen molar-refractivity contribution in [3.63, 3.8) is 0 Å². The minimum Gasteiger partial charge on any atom is -0.483 e. The SMILES string of the molecule is NC(=O)c1cc(F)c(OCc2c(C(=O)NCC(N)O)sc3cccc(Cl)c23)c(F)c1. The van der Waals surface area contributed by atoms with Crippen molar-refractivity contribution in [1.29, 1.82) is 0 Å². The summed E-state index contributed by atoms with van der Waals surface area (Å²) < 4.78 is 34.5. The molecule has 158 valence electrons. The van der Waals surface area contributed by atoms with Crippen molar-refractivity contribution in [2.24, 2.45) is 11.5 Å². The molecular formula is C19H16ClF2N3O4S. The van der Waals surface area contributed by atoms with Crippen LogP contribution in [0.25, 0.3) is 10.1 Å². The second-order valence-electron chi connectivity index (χ2n) is 6.22. The van der Waals surface area contributed by atoms with Gasteiger partial charge in [0.1, 0.15) is 12.8 Å². The van der Waals surface area contributed by atoms with E-state index in [1.807, 2.05) is 0 Å². The number of thiophene rings is 1. The van der Waals surface area contributed by atoms with Crippen LogP contribution in [0.3, 0.4) is 0 Å². The number of hydrogen-bond acceptors (Lipinski definition) is 6. The number of benzene rings is 2. The molecule has 0 bridgehead atoms. The van der Waals surface area contributed by atoms with E-state index in [2.05, 4.69) is 5.32 Å². The molecule has 0 fully saturated rings. The second kappa shape index (κ2) is 8.92. The van der Waals surface area contributed by atoms with E-state index in [0.717, 1.165) is 23.5 Å². The van der Waals surface area contributed by atoms with Gasteiger partial charge in [0, 0.05) is 26.2 Å². The van der Waals surface area contributed by atoms with Gasteiger partial charge in [0.2, 0.25) is 5.91 Å². The highest BCUT2D eigenvalue weighted by Gasteiger charge is 2.22. The summed E-state index contributed by atoms with van der Waals surface area (Å²) in [6.45, 7) is -0.583. The Balaban J connectivity index is 1.98. The van der Waals surface area contributed by atoms with Crippen LogP contribution < -0.4 is 21.5 Å². The van der Waals surface area contributed by atoms with Gasteiger partial charge in [-0.3, -0.25) is 9.59 Å². The molecule has 1 atom stereocenters. The largest absolute Gasteiger partial charge is 0.483 e. The topological polar surface area (TPSA) is 128 Å². The molecule has 0 spiro atoms. The zero-order valence-corrected chi connectivity index (χ0v) is 16.8. The summed E-state index contributed by atoms with van der Waals surface area (Å²) >= 11 is 7.37. The average Bonchev–Trinajstić information content (AvgIpc) is 3.05. The number of rotatable bonds is 7. The Kier molecular flexibility index (Phi) is 6.52. The molecule has 3 rings (SSSR count). The van der Waals surface area contributed by atoms with Crippen LogP contribution in [-0.4, -0.2) is 29.7 Å². The van der Waals surface area contributed by atoms with Crippen molar-refractivity contribution in [2.75, 3.05) is 6.54 Å². The molecule has 0 aliphatic heterocycles. The first-order chi connectivity index (χ1) is 14.2. The predicted octanol–water partition coefficient (Wildman–Crippen LogP) is 2.52. The maximum atomic E-state index is 14.2. The number of nitrogens with two attached hydrogens (primary N) is 2. The van der Waals surface area contributed by atoms with Gasteiger partial charge in [-0.2, -0.15) is 0 Å². The Morgan fingerprint density at radius 2 is 1.93 bits per heavy atom. The third kappa shape index (κ3) is 4.51. The molecule has 6 N–H and O–H groups in total. The lowest BCUT2D eigenvalue weighted by Gasteiger charge is -2.12. The molecule has 1 heterocycles. The summed E-state index contributed by atoms with van der Waals surface area (Å²) in [6.07, 6.45) is -1.25. The zero-order valence-electron chi connectivity index (χ0n) is 15.2. The third-order valence-corrected chi connectivity index (χ3v) is 5.60. The average molecular weight is 456 g/mol. The van der Waals surface area contributed by atoms with Crippen molar-refractivity contribution in [3.05, 3.63) is 63.0 Å². The summed E-state index contributed by atoms with van der Waals surface area (Å²) in [5, 5.41) is 12.5. The molecule has 0 saturated heterocycles. The maximum absolute atomic E-state index is 14.2. The van der Waals surface area contributed by atoms with Crippen molar-refractivity contribution >= 4 is 44.8 Å². The van der Waals surface area contributed by atoms with Crippen molar-refractivity contribution in [3.8, 4) is 5.75 Å². The Bertz CT molecular complexity index is 1110. The maximum Gasteiger partial charge on any atom is 0.261 e. The molecule has 0 aliphatic rings. The number of hydrogen-bond donors (Lipinski definition) is 4. The van der Waals surface area contributed by atoms with Gasteiger partial charge in [0.25, 0.3) is 5.91 Å². The van der Waals surface area contributed by atoms with Crippen LogP contribution in [0.4, 0.5) is 8.78 Å². The standard InChI is InChI=1S/C19H16ClF2N3O4S/c20-10-2-1-3-13-15(10)9(17(30-13)19(28)25-6-14(23)26)7-29-16-11(21)4-8(18(24)27)5-12(16)22/h1-5,14,26H,6-7,23H2,(H2,24,27)(H,25,28). The summed E-state index contributed by atoms with van der Waals surface area (Å²) in [5.74, 6) is -4.51. The van der Waals surface area contributed by atoms with Crippen LogP contribution in [-0.2, 0) is 6.61 Å². The van der Waals surface area contributed by atoms with Gasteiger partial charge in [-0.05, 0) is 24.3 Å². The fourth-order valence-electron chi connectivity index (χ4n) is 2.75. The van der Waals surface area contributed by atoms with E-state index in [0.29, 0.717) is 20.7 Å². The number of ether oxygens (including phenoxy) is 1. The molecule has 0 aliphatic carbocycles. The molecule has 2 aromatic carbocycles. The Hall–Kier alpha value is -2.79. The van der Waals surface area contributed by atoms with Gasteiger partial charge in [-0.1, -0.05) is 17.7 Å². The minimum atomic E-state index is -1.25. The Morgan fingerprint density at radius 3 is 2.53 bits per heavy atom. The molecule has 0 radical (unpaired) electrons. The molecule has 1 unspecified atom stereocenters. The number of primary amides is 1. The van der Waals surface area contributed by atoms with E-state index >= 15 is 0 Å². The normalized spacial score (nSPS) is 12.0. The first kappa shape index (κ1) is 21.9.